The summed E-state index contributed by atoms with van der Waals surface area (Å²) in [6, 6.07) is 15.1. The molecule has 0 fully saturated rings. The second-order valence-electron chi connectivity index (χ2n) is 4.30. The van der Waals surface area contributed by atoms with Gasteiger partial charge in [0.25, 0.3) is 0 Å². The molecule has 0 N–H and O–H groups in total. The highest BCUT2D eigenvalue weighted by atomic mass is 127. The van der Waals surface area contributed by atoms with Crippen molar-refractivity contribution in [2.45, 2.75) is 29.6 Å². The number of alkyl halides is 1. The lowest BCUT2D eigenvalue weighted by Crippen LogP contribution is -1.87. The molecule has 0 atom stereocenters. The fraction of sp³-hybridized carbons (Fsp3) is 0.250. The minimum atomic E-state index is 0.883. The van der Waals surface area contributed by atoms with Crippen LogP contribution in [-0.2, 0) is 12.8 Å². The average molecular weight is 403 g/mol. The normalized spacial score (nSPS) is 10.7. The number of aryl methyl sites for hydroxylation is 2. The third kappa shape index (κ3) is 4.40. The van der Waals surface area contributed by atoms with Crippen LogP contribution in [0.25, 0.3) is 0 Å². The SMILES string of the molecule is CCc1cccc(Sc2ccc(CCI)c(Cl)c2)c1. The third-order valence-electron chi connectivity index (χ3n) is 2.93. The monoisotopic (exact) mass is 402 g/mol. The minimum absolute atomic E-state index is 0.883. The molecule has 0 aromatic heterocycles. The molecular weight excluding hydrogens is 387 g/mol. The molecule has 2 rings (SSSR count). The zero-order valence-corrected chi connectivity index (χ0v) is 14.6. The Bertz CT molecular complexity index is 554. The largest absolute Gasteiger partial charge is 0.0900 e. The van der Waals surface area contributed by atoms with Gasteiger partial charge in [-0.25, -0.2) is 0 Å². The van der Waals surface area contributed by atoms with Gasteiger partial charge in [-0.05, 0) is 48.2 Å². The van der Waals surface area contributed by atoms with Gasteiger partial charge in [-0.3, -0.25) is 0 Å². The zero-order valence-electron chi connectivity index (χ0n) is 10.8. The standard InChI is InChI=1S/C16H16ClIS/c1-2-12-4-3-5-14(10-12)19-15-7-6-13(8-9-18)16(17)11-15/h3-7,10-11H,2,8-9H2,1H3. The quantitative estimate of drug-likeness (QED) is 0.434. The summed E-state index contributed by atoms with van der Waals surface area (Å²) in [6.07, 6.45) is 2.11. The number of rotatable bonds is 5. The molecule has 2 aromatic carbocycles. The maximum atomic E-state index is 6.32. The van der Waals surface area contributed by atoms with Crippen molar-refractivity contribution in [1.82, 2.24) is 0 Å². The van der Waals surface area contributed by atoms with Gasteiger partial charge in [-0.2, -0.15) is 0 Å². The van der Waals surface area contributed by atoms with Crippen molar-refractivity contribution >= 4 is 46.0 Å². The van der Waals surface area contributed by atoms with Crippen molar-refractivity contribution < 1.29 is 0 Å². The molecule has 0 heterocycles. The summed E-state index contributed by atoms with van der Waals surface area (Å²) in [6.45, 7) is 2.18. The van der Waals surface area contributed by atoms with Gasteiger partial charge < -0.3 is 0 Å². The summed E-state index contributed by atoms with van der Waals surface area (Å²) >= 11 is 10.5. The van der Waals surface area contributed by atoms with E-state index in [9.17, 15) is 0 Å². The van der Waals surface area contributed by atoms with Gasteiger partial charge in [0.1, 0.15) is 0 Å². The van der Waals surface area contributed by atoms with Crippen LogP contribution in [0.5, 0.6) is 0 Å². The lowest BCUT2D eigenvalue weighted by atomic mass is 10.2. The molecule has 0 spiro atoms. The first-order chi connectivity index (χ1) is 9.22. The Morgan fingerprint density at radius 3 is 2.58 bits per heavy atom. The molecule has 2 aromatic rings. The van der Waals surface area contributed by atoms with E-state index >= 15 is 0 Å². The molecule has 0 nitrogen and oxygen atoms in total. The second kappa shape index (κ2) is 7.55. The van der Waals surface area contributed by atoms with E-state index in [2.05, 4.69) is 72.0 Å². The van der Waals surface area contributed by atoms with Crippen molar-refractivity contribution in [2.75, 3.05) is 4.43 Å². The van der Waals surface area contributed by atoms with E-state index in [0.717, 1.165) is 22.3 Å². The van der Waals surface area contributed by atoms with E-state index in [1.54, 1.807) is 11.8 Å². The van der Waals surface area contributed by atoms with Gasteiger partial charge in [-0.1, -0.05) is 71.1 Å². The van der Waals surface area contributed by atoms with E-state index in [1.165, 1.54) is 20.9 Å². The summed E-state index contributed by atoms with van der Waals surface area (Å²) < 4.78 is 1.10. The lowest BCUT2D eigenvalue weighted by molar-refractivity contribution is 1.12. The maximum Gasteiger partial charge on any atom is 0.0449 e. The van der Waals surface area contributed by atoms with E-state index < -0.39 is 0 Å². The van der Waals surface area contributed by atoms with Crippen molar-refractivity contribution in [3.63, 3.8) is 0 Å². The fourth-order valence-electron chi connectivity index (χ4n) is 1.86. The molecule has 19 heavy (non-hydrogen) atoms. The number of halogens is 2. The molecule has 0 saturated carbocycles. The number of benzene rings is 2. The van der Waals surface area contributed by atoms with Crippen LogP contribution in [0.1, 0.15) is 18.1 Å². The topological polar surface area (TPSA) is 0 Å². The molecule has 0 bridgehead atoms. The van der Waals surface area contributed by atoms with E-state index in [1.807, 2.05) is 0 Å². The molecule has 0 aliphatic rings. The fourth-order valence-corrected chi connectivity index (χ4v) is 3.72. The summed E-state index contributed by atoms with van der Waals surface area (Å²) in [4.78, 5) is 2.48. The first kappa shape index (κ1) is 15.2. The molecule has 0 aliphatic heterocycles. The second-order valence-corrected chi connectivity index (χ2v) is 6.93. The van der Waals surface area contributed by atoms with Crippen LogP contribution in [0.2, 0.25) is 5.02 Å². The van der Waals surface area contributed by atoms with Crippen LogP contribution in [0.15, 0.2) is 52.3 Å². The summed E-state index contributed by atoms with van der Waals surface area (Å²) in [7, 11) is 0. The van der Waals surface area contributed by atoms with Gasteiger partial charge in [0, 0.05) is 19.2 Å². The highest BCUT2D eigenvalue weighted by Gasteiger charge is 2.03. The van der Waals surface area contributed by atoms with Crippen LogP contribution >= 0.6 is 46.0 Å². The predicted molar refractivity (Wildman–Crippen MR) is 94.0 cm³/mol. The zero-order chi connectivity index (χ0) is 13.7. The summed E-state index contributed by atoms with van der Waals surface area (Å²) in [5.41, 5.74) is 2.61. The Morgan fingerprint density at radius 2 is 1.89 bits per heavy atom. The van der Waals surface area contributed by atoms with Crippen LogP contribution in [0.4, 0.5) is 0 Å². The van der Waals surface area contributed by atoms with E-state index in [4.69, 9.17) is 11.6 Å². The Labute approximate surface area is 138 Å². The highest BCUT2D eigenvalue weighted by molar-refractivity contribution is 14.1. The molecule has 3 heteroatoms. The Balaban J connectivity index is 2.16. The van der Waals surface area contributed by atoms with Crippen molar-refractivity contribution in [2.24, 2.45) is 0 Å². The smallest absolute Gasteiger partial charge is 0.0449 e. The van der Waals surface area contributed by atoms with Gasteiger partial charge >= 0.3 is 0 Å². The lowest BCUT2D eigenvalue weighted by Gasteiger charge is -2.07. The third-order valence-corrected chi connectivity index (χ3v) is 4.80. The van der Waals surface area contributed by atoms with E-state index in [-0.39, 0.29) is 0 Å². The Hall–Kier alpha value is -0.190. The van der Waals surface area contributed by atoms with Crippen LogP contribution in [0.3, 0.4) is 0 Å². The van der Waals surface area contributed by atoms with Crippen molar-refractivity contribution in [3.05, 3.63) is 58.6 Å². The molecule has 0 amide bonds. The van der Waals surface area contributed by atoms with Crippen LogP contribution < -0.4 is 0 Å². The molecule has 0 radical (unpaired) electrons. The Kier molecular flexibility index (Phi) is 6.05. The Morgan fingerprint density at radius 1 is 1.11 bits per heavy atom. The van der Waals surface area contributed by atoms with Gasteiger partial charge in [0.2, 0.25) is 0 Å². The van der Waals surface area contributed by atoms with Crippen molar-refractivity contribution in [1.29, 1.82) is 0 Å². The molecular formula is C16H16ClIS. The molecule has 0 unspecified atom stereocenters. The first-order valence-electron chi connectivity index (χ1n) is 6.34. The van der Waals surface area contributed by atoms with Gasteiger partial charge in [0.05, 0.1) is 0 Å². The van der Waals surface area contributed by atoms with E-state index in [0.29, 0.717) is 0 Å². The van der Waals surface area contributed by atoms with Crippen LogP contribution in [0, 0.1) is 0 Å². The first-order valence-corrected chi connectivity index (χ1v) is 9.06. The highest BCUT2D eigenvalue weighted by Crippen LogP contribution is 2.31. The van der Waals surface area contributed by atoms with Gasteiger partial charge in [-0.15, -0.1) is 0 Å². The average Bonchev–Trinajstić information content (AvgIpc) is 2.42. The number of hydrogen-bond acceptors (Lipinski definition) is 1. The molecule has 0 aliphatic carbocycles. The molecule has 0 saturated heterocycles. The summed E-state index contributed by atoms with van der Waals surface area (Å²) in [5, 5.41) is 0.883. The molecule has 100 valence electrons. The number of hydrogen-bond donors (Lipinski definition) is 0. The van der Waals surface area contributed by atoms with Gasteiger partial charge in [0.15, 0.2) is 0 Å². The maximum absolute atomic E-state index is 6.32. The van der Waals surface area contributed by atoms with Crippen molar-refractivity contribution in [3.8, 4) is 0 Å². The summed E-state index contributed by atoms with van der Waals surface area (Å²) in [5.74, 6) is 0. The minimum Gasteiger partial charge on any atom is -0.0900 e. The predicted octanol–water partition coefficient (Wildman–Crippen LogP) is 6.03. The van der Waals surface area contributed by atoms with Crippen LogP contribution in [-0.4, -0.2) is 4.43 Å².